The Balaban J connectivity index is 1.63. The highest BCUT2D eigenvalue weighted by atomic mass is 79.9. The van der Waals surface area contributed by atoms with Crippen molar-refractivity contribution < 1.29 is 9.53 Å². The van der Waals surface area contributed by atoms with E-state index in [0.717, 1.165) is 20.2 Å². The van der Waals surface area contributed by atoms with Crippen molar-refractivity contribution in [1.82, 2.24) is 5.32 Å². The van der Waals surface area contributed by atoms with E-state index in [2.05, 4.69) is 42.5 Å². The van der Waals surface area contributed by atoms with E-state index in [0.29, 0.717) is 21.6 Å². The van der Waals surface area contributed by atoms with Crippen LogP contribution in [0, 0.1) is 5.92 Å². The minimum atomic E-state index is -1.08. The van der Waals surface area contributed by atoms with Crippen molar-refractivity contribution in [2.75, 3.05) is 10.2 Å². The molecule has 1 fully saturated rings. The molecule has 33 heavy (non-hydrogen) atoms. The molecular weight excluding hydrogens is 590 g/mol. The van der Waals surface area contributed by atoms with Crippen LogP contribution in [0.25, 0.3) is 0 Å². The molecule has 0 aromatic heterocycles. The molecule has 1 amide bonds. The maximum Gasteiger partial charge on any atom is 0.236 e. The number of benzene rings is 3. The fraction of sp³-hybridized carbons (Fsp3) is 0.167. The summed E-state index contributed by atoms with van der Waals surface area (Å²) in [5.74, 6) is -0.109. The summed E-state index contributed by atoms with van der Waals surface area (Å²) in [7, 11) is 0. The smallest absolute Gasteiger partial charge is 0.236 e. The van der Waals surface area contributed by atoms with Gasteiger partial charge in [-0.25, -0.2) is 0 Å². The monoisotopic (exact) mass is 605 g/mol. The molecule has 2 aliphatic rings. The van der Waals surface area contributed by atoms with Gasteiger partial charge in [0.25, 0.3) is 0 Å². The first kappa shape index (κ1) is 22.7. The molecule has 5 nitrogen and oxygen atoms in total. The van der Waals surface area contributed by atoms with Crippen molar-refractivity contribution in [3.8, 4) is 5.75 Å². The fourth-order valence-corrected chi connectivity index (χ4v) is 5.82. The van der Waals surface area contributed by atoms with Crippen LogP contribution < -0.4 is 20.3 Å². The molecule has 0 saturated carbocycles. The zero-order chi connectivity index (χ0) is 23.3. The van der Waals surface area contributed by atoms with Crippen molar-refractivity contribution in [2.45, 2.75) is 18.7 Å². The van der Waals surface area contributed by atoms with Gasteiger partial charge in [-0.2, -0.15) is 0 Å². The largest absolute Gasteiger partial charge is 0.467 e. The van der Waals surface area contributed by atoms with Gasteiger partial charge in [-0.1, -0.05) is 49.5 Å². The summed E-state index contributed by atoms with van der Waals surface area (Å²) < 4.78 is 8.39. The molecule has 0 unspecified atom stereocenters. The van der Waals surface area contributed by atoms with Crippen molar-refractivity contribution in [3.05, 3.63) is 86.3 Å². The van der Waals surface area contributed by atoms with E-state index >= 15 is 0 Å². The van der Waals surface area contributed by atoms with Crippen LogP contribution in [0.1, 0.15) is 18.5 Å². The normalized spacial score (nSPS) is 23.3. The van der Waals surface area contributed by atoms with Crippen LogP contribution in [-0.2, 0) is 4.79 Å². The first-order valence-electron chi connectivity index (χ1n) is 10.2. The van der Waals surface area contributed by atoms with E-state index in [1.54, 1.807) is 24.3 Å². The number of halogens is 3. The molecule has 2 heterocycles. The van der Waals surface area contributed by atoms with E-state index in [1.807, 2.05) is 54.3 Å². The number of amides is 1. The van der Waals surface area contributed by atoms with Crippen LogP contribution >= 0.6 is 55.7 Å². The van der Waals surface area contributed by atoms with Gasteiger partial charge < -0.3 is 15.4 Å². The number of rotatable bonds is 3. The molecule has 3 aromatic rings. The van der Waals surface area contributed by atoms with Gasteiger partial charge in [0.05, 0.1) is 6.04 Å². The fourth-order valence-electron chi connectivity index (χ4n) is 4.51. The lowest BCUT2D eigenvalue weighted by Gasteiger charge is -2.56. The third-order valence-corrected chi connectivity index (χ3v) is 7.46. The van der Waals surface area contributed by atoms with Gasteiger partial charge in [0.15, 0.2) is 10.8 Å². The van der Waals surface area contributed by atoms with Crippen LogP contribution in [0.15, 0.2) is 75.7 Å². The zero-order valence-electron chi connectivity index (χ0n) is 17.3. The molecule has 9 heteroatoms. The van der Waals surface area contributed by atoms with E-state index in [4.69, 9.17) is 28.6 Å². The number of thiocarbonyl (C=S) groups is 1. The number of nitrogens with one attached hydrogen (secondary N) is 2. The van der Waals surface area contributed by atoms with Crippen molar-refractivity contribution in [2.24, 2.45) is 5.92 Å². The molecule has 2 bridgehead atoms. The van der Waals surface area contributed by atoms with Crippen molar-refractivity contribution >= 4 is 78.1 Å². The molecule has 0 radical (unpaired) electrons. The highest BCUT2D eigenvalue weighted by Gasteiger charge is 2.59. The number of anilines is 2. The van der Waals surface area contributed by atoms with Gasteiger partial charge in [-0.3, -0.25) is 9.69 Å². The van der Waals surface area contributed by atoms with Gasteiger partial charge in [0, 0.05) is 30.9 Å². The van der Waals surface area contributed by atoms with Crippen LogP contribution in [0.4, 0.5) is 11.4 Å². The van der Waals surface area contributed by atoms with E-state index in [-0.39, 0.29) is 11.9 Å². The molecule has 3 aromatic carbocycles. The van der Waals surface area contributed by atoms with Gasteiger partial charge in [-0.05, 0) is 79.8 Å². The number of carbonyl (C=O) groups is 1. The number of ether oxygens (including phenoxy) is 1. The Hall–Kier alpha value is -2.13. The molecule has 0 aliphatic carbocycles. The molecule has 3 atom stereocenters. The first-order valence-corrected chi connectivity index (χ1v) is 12.5. The predicted molar refractivity (Wildman–Crippen MR) is 142 cm³/mol. The van der Waals surface area contributed by atoms with Crippen molar-refractivity contribution in [1.29, 1.82) is 0 Å². The van der Waals surface area contributed by atoms with Crippen LogP contribution in [-0.4, -0.2) is 16.7 Å². The summed E-state index contributed by atoms with van der Waals surface area (Å²) in [5, 5.41) is 7.53. The lowest BCUT2D eigenvalue weighted by molar-refractivity contribution is -0.130. The zero-order valence-corrected chi connectivity index (χ0v) is 22.1. The Morgan fingerprint density at radius 1 is 1.12 bits per heavy atom. The van der Waals surface area contributed by atoms with Gasteiger partial charge >= 0.3 is 0 Å². The molecule has 2 aliphatic heterocycles. The molecule has 2 N–H and O–H groups in total. The number of nitrogens with zero attached hydrogens (tertiary/aromatic N) is 1. The van der Waals surface area contributed by atoms with Crippen LogP contribution in [0.3, 0.4) is 0 Å². The summed E-state index contributed by atoms with van der Waals surface area (Å²) in [6.07, 6.45) is 0. The summed E-state index contributed by atoms with van der Waals surface area (Å²) in [5.41, 5.74) is 1.26. The van der Waals surface area contributed by atoms with Gasteiger partial charge in [0.1, 0.15) is 11.7 Å². The number of carbonyl (C=O) groups excluding carboxylic acids is 1. The maximum atomic E-state index is 13.8. The van der Waals surface area contributed by atoms with Crippen LogP contribution in [0.2, 0.25) is 5.02 Å². The highest BCUT2D eigenvalue weighted by molar-refractivity contribution is 9.10. The average Bonchev–Trinajstić information content (AvgIpc) is 2.75. The topological polar surface area (TPSA) is 53.6 Å². The molecule has 168 valence electrons. The summed E-state index contributed by atoms with van der Waals surface area (Å²) in [6, 6.07) is 20.2. The Bertz CT molecular complexity index is 1270. The second kappa shape index (κ2) is 8.58. The van der Waals surface area contributed by atoms with E-state index in [9.17, 15) is 4.79 Å². The first-order chi connectivity index (χ1) is 15.8. The Labute approximate surface area is 218 Å². The number of fused-ring (bicyclic) bond motifs is 4. The molecule has 0 spiro atoms. The molecular formula is C24H18Br2ClN3O2S. The molecule has 5 rings (SSSR count). The van der Waals surface area contributed by atoms with Gasteiger partial charge in [-0.15, -0.1) is 0 Å². The SMILES string of the molecule is C[C@@]12Oc3ccc(Br)cc3[C@H](NC(=S)N1c1cccc(Br)c1)[C@@H]2C(=O)Nc1ccc(Cl)cc1. The van der Waals surface area contributed by atoms with Crippen molar-refractivity contribution in [3.63, 3.8) is 0 Å². The highest BCUT2D eigenvalue weighted by Crippen LogP contribution is 2.50. The summed E-state index contributed by atoms with van der Waals surface area (Å²) >= 11 is 18.9. The standard InChI is InChI=1S/C24H18Br2ClN3O2S/c1-24-20(22(31)28-16-8-6-15(27)7-9-16)21(18-12-14(26)5-10-19(18)32-24)29-23(33)30(24)17-4-2-3-13(25)11-17/h2-12,20-21H,1H3,(H,28,31)(H,29,33)/t20-,21+,24+/m1/s1. The maximum absolute atomic E-state index is 13.8. The minimum absolute atomic E-state index is 0.189. The Morgan fingerprint density at radius 3 is 2.58 bits per heavy atom. The Morgan fingerprint density at radius 2 is 1.85 bits per heavy atom. The summed E-state index contributed by atoms with van der Waals surface area (Å²) in [6.45, 7) is 1.91. The third-order valence-electron chi connectivity index (χ3n) is 5.92. The third kappa shape index (κ3) is 4.03. The number of hydrogen-bond donors (Lipinski definition) is 2. The second-order valence-corrected chi connectivity index (χ2v) is 10.7. The second-order valence-electron chi connectivity index (χ2n) is 8.06. The Kier molecular flexibility index (Phi) is 5.89. The average molecular weight is 608 g/mol. The van der Waals surface area contributed by atoms with E-state index < -0.39 is 11.6 Å². The minimum Gasteiger partial charge on any atom is -0.467 e. The van der Waals surface area contributed by atoms with Gasteiger partial charge in [0.2, 0.25) is 5.91 Å². The van der Waals surface area contributed by atoms with Crippen LogP contribution in [0.5, 0.6) is 5.75 Å². The summed E-state index contributed by atoms with van der Waals surface area (Å²) in [4.78, 5) is 15.6. The predicted octanol–water partition coefficient (Wildman–Crippen LogP) is 6.66. The lowest BCUT2D eigenvalue weighted by Crippen LogP contribution is -2.72. The quantitative estimate of drug-likeness (QED) is 0.326. The number of hydrogen-bond acceptors (Lipinski definition) is 3. The lowest BCUT2D eigenvalue weighted by atomic mass is 9.78. The molecule has 1 saturated heterocycles. The van der Waals surface area contributed by atoms with E-state index in [1.165, 1.54) is 0 Å².